The molecule has 1 aliphatic heterocycles. The van der Waals surface area contributed by atoms with E-state index in [1.807, 2.05) is 0 Å². The van der Waals surface area contributed by atoms with Gasteiger partial charge in [-0.25, -0.2) is 0 Å². The number of carbonyl (C=O) groups is 2. The molecule has 6 nitrogen and oxygen atoms in total. The van der Waals surface area contributed by atoms with Gasteiger partial charge in [0.1, 0.15) is 18.4 Å². The van der Waals surface area contributed by atoms with Crippen LogP contribution in [0.2, 0.25) is 0 Å². The average molecular weight is 292 g/mol. The zero-order chi connectivity index (χ0) is 15.4. The molecule has 1 aliphatic rings. The van der Waals surface area contributed by atoms with E-state index in [2.05, 4.69) is 10.6 Å². The van der Waals surface area contributed by atoms with Crippen LogP contribution in [0, 0.1) is 0 Å². The highest BCUT2D eigenvalue weighted by atomic mass is 16.5. The van der Waals surface area contributed by atoms with E-state index in [-0.39, 0.29) is 5.78 Å². The number of ketones is 1. The summed E-state index contributed by atoms with van der Waals surface area (Å²) >= 11 is 0. The van der Waals surface area contributed by atoms with Crippen LogP contribution < -0.4 is 15.4 Å². The first kappa shape index (κ1) is 15.3. The van der Waals surface area contributed by atoms with E-state index in [1.54, 1.807) is 32.0 Å². The minimum Gasteiger partial charge on any atom is -0.490 e. The first-order chi connectivity index (χ1) is 10.0. The molecular weight excluding hydrogens is 272 g/mol. The van der Waals surface area contributed by atoms with E-state index in [0.717, 1.165) is 11.4 Å². The van der Waals surface area contributed by atoms with Crippen molar-refractivity contribution in [1.29, 1.82) is 0 Å². The Hall–Kier alpha value is -2.08. The molecule has 0 spiro atoms. The lowest BCUT2D eigenvalue weighted by Crippen LogP contribution is -2.45. The number of hydrogen-bond donors (Lipinski definition) is 3. The van der Waals surface area contributed by atoms with Crippen molar-refractivity contribution in [2.24, 2.45) is 0 Å². The van der Waals surface area contributed by atoms with Gasteiger partial charge in [-0.2, -0.15) is 0 Å². The summed E-state index contributed by atoms with van der Waals surface area (Å²) in [6, 6.07) is 3.93. The second-order valence-electron chi connectivity index (χ2n) is 5.04. The second-order valence-corrected chi connectivity index (χ2v) is 5.04. The van der Waals surface area contributed by atoms with Gasteiger partial charge in [0.15, 0.2) is 5.78 Å². The molecule has 2 unspecified atom stereocenters. The van der Waals surface area contributed by atoms with E-state index >= 15 is 0 Å². The number of Topliss-reactive ketones (excluding diaryl/α,β-unsaturated/α-hetero) is 1. The summed E-state index contributed by atoms with van der Waals surface area (Å²) in [5.74, 6) is -0.349. The highest BCUT2D eigenvalue weighted by Crippen LogP contribution is 2.28. The fraction of sp³-hybridized carbons (Fsp3) is 0.467. The maximum atomic E-state index is 12.4. The summed E-state index contributed by atoms with van der Waals surface area (Å²) in [6.07, 6.45) is 0.423. The molecule has 1 aromatic carbocycles. The molecule has 2 atom stereocenters. The molecule has 1 heterocycles. The number of carboxylic acid groups (broad SMARTS) is 1. The number of hydrogen-bond acceptors (Lipinski definition) is 5. The molecule has 0 fully saturated rings. The van der Waals surface area contributed by atoms with Gasteiger partial charge in [0, 0.05) is 12.1 Å². The van der Waals surface area contributed by atoms with Gasteiger partial charge in [-0.05, 0) is 31.5 Å². The minimum absolute atomic E-state index is 0.134. The zero-order valence-electron chi connectivity index (χ0n) is 12.2. The number of carboxylic acids is 1. The van der Waals surface area contributed by atoms with Crippen LogP contribution in [-0.2, 0) is 4.79 Å². The Bertz CT molecular complexity index is 544. The van der Waals surface area contributed by atoms with Crippen LogP contribution in [0.1, 0.15) is 30.6 Å². The minimum atomic E-state index is -0.947. The van der Waals surface area contributed by atoms with Gasteiger partial charge in [0.25, 0.3) is 0 Å². The number of carbonyl (C=O) groups excluding carboxylic acids is 1. The normalized spacial score (nSPS) is 16.1. The van der Waals surface area contributed by atoms with Crippen molar-refractivity contribution in [3.8, 4) is 5.75 Å². The van der Waals surface area contributed by atoms with E-state index in [4.69, 9.17) is 9.84 Å². The molecule has 0 saturated carbocycles. The molecule has 0 radical (unpaired) electrons. The van der Waals surface area contributed by atoms with E-state index in [0.29, 0.717) is 25.1 Å². The lowest BCUT2D eigenvalue weighted by Gasteiger charge is -2.21. The Kier molecular flexibility index (Phi) is 4.80. The van der Waals surface area contributed by atoms with Crippen molar-refractivity contribution in [3.63, 3.8) is 0 Å². The third-order valence-corrected chi connectivity index (χ3v) is 3.49. The fourth-order valence-electron chi connectivity index (χ4n) is 2.29. The van der Waals surface area contributed by atoms with Gasteiger partial charge in [0.05, 0.1) is 11.7 Å². The SMILES string of the molecule is CCC(NC(C)C(=O)c1ccc2c(c1)NCCO2)C(=O)O. The second kappa shape index (κ2) is 6.58. The Morgan fingerprint density at radius 1 is 1.48 bits per heavy atom. The average Bonchev–Trinajstić information content (AvgIpc) is 2.50. The Morgan fingerprint density at radius 3 is 2.90 bits per heavy atom. The number of benzene rings is 1. The van der Waals surface area contributed by atoms with Crippen LogP contribution in [0.15, 0.2) is 18.2 Å². The van der Waals surface area contributed by atoms with Crippen LogP contribution >= 0.6 is 0 Å². The summed E-state index contributed by atoms with van der Waals surface area (Å²) in [5.41, 5.74) is 1.33. The first-order valence-corrected chi connectivity index (χ1v) is 7.06. The Morgan fingerprint density at radius 2 is 2.24 bits per heavy atom. The molecule has 1 aromatic rings. The van der Waals surface area contributed by atoms with Gasteiger partial charge >= 0.3 is 5.97 Å². The molecule has 6 heteroatoms. The predicted octanol–water partition coefficient (Wildman–Crippen LogP) is 1.51. The lowest BCUT2D eigenvalue weighted by molar-refractivity contribution is -0.139. The van der Waals surface area contributed by atoms with Gasteiger partial charge in [0.2, 0.25) is 0 Å². The summed E-state index contributed by atoms with van der Waals surface area (Å²) in [4.78, 5) is 23.4. The number of ether oxygens (including phenoxy) is 1. The quantitative estimate of drug-likeness (QED) is 0.689. The third-order valence-electron chi connectivity index (χ3n) is 3.49. The number of fused-ring (bicyclic) bond motifs is 1. The van der Waals surface area contributed by atoms with Crippen molar-refractivity contribution in [2.75, 3.05) is 18.5 Å². The first-order valence-electron chi connectivity index (χ1n) is 7.06. The molecular formula is C15H20N2O4. The van der Waals surface area contributed by atoms with E-state index in [9.17, 15) is 9.59 Å². The fourth-order valence-corrected chi connectivity index (χ4v) is 2.29. The topological polar surface area (TPSA) is 87.7 Å². The Labute approximate surface area is 123 Å². The summed E-state index contributed by atoms with van der Waals surface area (Å²) in [7, 11) is 0. The third kappa shape index (κ3) is 3.52. The molecule has 0 amide bonds. The molecule has 0 aliphatic carbocycles. The van der Waals surface area contributed by atoms with Gasteiger partial charge in [-0.3, -0.25) is 14.9 Å². The van der Waals surface area contributed by atoms with Crippen LogP contribution in [0.4, 0.5) is 5.69 Å². The van der Waals surface area contributed by atoms with E-state index < -0.39 is 18.1 Å². The number of nitrogens with one attached hydrogen (secondary N) is 2. The van der Waals surface area contributed by atoms with Gasteiger partial charge < -0.3 is 15.2 Å². The maximum absolute atomic E-state index is 12.4. The number of rotatable bonds is 6. The molecule has 0 aromatic heterocycles. The summed E-state index contributed by atoms with van der Waals surface area (Å²) < 4.78 is 5.46. The molecule has 114 valence electrons. The predicted molar refractivity (Wildman–Crippen MR) is 79.1 cm³/mol. The lowest BCUT2D eigenvalue weighted by atomic mass is 10.0. The summed E-state index contributed by atoms with van der Waals surface area (Å²) in [5, 5.41) is 15.1. The zero-order valence-corrected chi connectivity index (χ0v) is 12.2. The molecule has 2 rings (SSSR count). The molecule has 3 N–H and O–H groups in total. The van der Waals surface area contributed by atoms with Crippen LogP contribution in [0.25, 0.3) is 0 Å². The molecule has 21 heavy (non-hydrogen) atoms. The van der Waals surface area contributed by atoms with Crippen molar-refractivity contribution >= 4 is 17.4 Å². The Balaban J connectivity index is 2.10. The number of aliphatic carboxylic acids is 1. The van der Waals surface area contributed by atoms with Crippen molar-refractivity contribution in [1.82, 2.24) is 5.32 Å². The van der Waals surface area contributed by atoms with Gasteiger partial charge in [-0.1, -0.05) is 6.92 Å². The monoisotopic (exact) mass is 292 g/mol. The number of anilines is 1. The van der Waals surface area contributed by atoms with Crippen LogP contribution in [0.5, 0.6) is 5.75 Å². The van der Waals surface area contributed by atoms with Crippen molar-refractivity contribution < 1.29 is 19.4 Å². The van der Waals surface area contributed by atoms with Crippen molar-refractivity contribution in [2.45, 2.75) is 32.4 Å². The highest BCUT2D eigenvalue weighted by molar-refractivity contribution is 6.01. The molecule has 0 bridgehead atoms. The van der Waals surface area contributed by atoms with Crippen LogP contribution in [-0.4, -0.2) is 42.1 Å². The van der Waals surface area contributed by atoms with Gasteiger partial charge in [-0.15, -0.1) is 0 Å². The maximum Gasteiger partial charge on any atom is 0.320 e. The van der Waals surface area contributed by atoms with E-state index in [1.165, 1.54) is 0 Å². The van der Waals surface area contributed by atoms with Crippen molar-refractivity contribution in [3.05, 3.63) is 23.8 Å². The molecule has 0 saturated heterocycles. The van der Waals surface area contributed by atoms with Crippen LogP contribution in [0.3, 0.4) is 0 Å². The standard InChI is InChI=1S/C15H20N2O4/c1-3-11(15(19)20)17-9(2)14(18)10-4-5-13-12(8-10)16-6-7-21-13/h4-5,8-9,11,16-17H,3,6-7H2,1-2H3,(H,19,20). The smallest absolute Gasteiger partial charge is 0.320 e. The summed E-state index contributed by atoms with van der Waals surface area (Å²) in [6.45, 7) is 4.75. The highest BCUT2D eigenvalue weighted by Gasteiger charge is 2.23. The largest absolute Gasteiger partial charge is 0.490 e.